The average molecular weight is 928 g/mol. The number of hydrogen-bond donors (Lipinski definition) is 1. The molecule has 4 nitrogen and oxygen atoms in total. The molecule has 0 saturated carbocycles. The minimum atomic E-state index is -3.82. The van der Waals surface area contributed by atoms with Gasteiger partial charge in [0.05, 0.1) is 22.1 Å². The van der Waals surface area contributed by atoms with Crippen molar-refractivity contribution < 1.29 is 48.1 Å². The van der Waals surface area contributed by atoms with Crippen molar-refractivity contribution in [2.45, 2.75) is 59.0 Å². The van der Waals surface area contributed by atoms with Crippen molar-refractivity contribution in [3.05, 3.63) is 168 Å². The number of aromatic hydroxyl groups is 1. The van der Waals surface area contributed by atoms with E-state index in [0.29, 0.717) is 50.4 Å². The van der Waals surface area contributed by atoms with Crippen molar-refractivity contribution >= 4 is 11.0 Å². The number of aromatic nitrogens is 3. The Bertz CT molecular complexity index is 3310. The van der Waals surface area contributed by atoms with E-state index < -0.39 is 68.0 Å². The number of phenols is 1. The molecule has 0 aliphatic heterocycles. The Balaban J connectivity index is 0.00000760. The second kappa shape index (κ2) is 15.2. The first-order chi connectivity index (χ1) is 33.0. The molecule has 0 bridgehead atoms. The maximum Gasteiger partial charge on any atom is 0.148 e. The molecule has 0 atom stereocenters. The van der Waals surface area contributed by atoms with E-state index in [4.69, 9.17) is 26.9 Å². The van der Waals surface area contributed by atoms with Gasteiger partial charge in [-0.3, -0.25) is 9.55 Å². The maximum absolute atomic E-state index is 11.3. The molecule has 8 rings (SSSR count). The molecule has 0 radical (unpaired) electrons. The molecule has 0 spiro atoms. The molecule has 6 aromatic carbocycles. The van der Waals surface area contributed by atoms with Gasteiger partial charge in [0.25, 0.3) is 0 Å². The van der Waals surface area contributed by atoms with Gasteiger partial charge in [0.15, 0.2) is 0 Å². The van der Waals surface area contributed by atoms with E-state index in [1.165, 1.54) is 24.4 Å². The summed E-state index contributed by atoms with van der Waals surface area (Å²) in [6.45, 7) is -7.95. The maximum atomic E-state index is 11.3. The summed E-state index contributed by atoms with van der Waals surface area (Å²) >= 11 is 0. The second-order valence-electron chi connectivity index (χ2n) is 14.4. The summed E-state index contributed by atoms with van der Waals surface area (Å²) in [7, 11) is 0. The van der Waals surface area contributed by atoms with Crippen LogP contribution in [0.4, 0.5) is 0 Å². The molecular formula is C51H46N3OPt-. The van der Waals surface area contributed by atoms with Gasteiger partial charge >= 0.3 is 0 Å². The van der Waals surface area contributed by atoms with E-state index in [-0.39, 0.29) is 49.2 Å². The minimum Gasteiger partial charge on any atom is -0.507 e. The number of hydrogen-bond acceptors (Lipinski definition) is 3. The first-order valence-electron chi connectivity index (χ1n) is 25.6. The molecule has 2 aromatic heterocycles. The Labute approximate surface area is 367 Å². The molecule has 1 N–H and O–H groups in total. The van der Waals surface area contributed by atoms with Crippen LogP contribution in [0, 0.1) is 12.9 Å². The van der Waals surface area contributed by atoms with Gasteiger partial charge in [-0.25, -0.2) is 4.98 Å². The van der Waals surface area contributed by atoms with Gasteiger partial charge in [0, 0.05) is 55.1 Å². The fraction of sp³-hybridized carbons (Fsp3) is 0.176. The van der Waals surface area contributed by atoms with E-state index in [0.717, 1.165) is 11.1 Å². The van der Waals surface area contributed by atoms with Crippen LogP contribution in [0.2, 0.25) is 0 Å². The summed E-state index contributed by atoms with van der Waals surface area (Å²) < 4.78 is 137. The van der Waals surface area contributed by atoms with Gasteiger partial charge < -0.3 is 5.11 Å². The minimum absolute atomic E-state index is 0. The number of pyridine rings is 1. The van der Waals surface area contributed by atoms with Crippen molar-refractivity contribution in [2.24, 2.45) is 0 Å². The third-order valence-electron chi connectivity index (χ3n) is 9.53. The zero-order chi connectivity index (χ0) is 52.0. The zero-order valence-electron chi connectivity index (χ0n) is 46.7. The Hall–Kier alpha value is -5.57. The molecule has 0 aliphatic rings. The summed E-state index contributed by atoms with van der Waals surface area (Å²) in [5, 5.41) is 11.3. The van der Waals surface area contributed by atoms with Crippen LogP contribution in [-0.2, 0) is 31.9 Å². The average Bonchev–Trinajstić information content (AvgIpc) is 3.68. The molecule has 5 heteroatoms. The van der Waals surface area contributed by atoms with Crippen LogP contribution in [0.5, 0.6) is 5.75 Å². The number of para-hydroxylation sites is 2. The van der Waals surface area contributed by atoms with Crippen LogP contribution in [-0.4, -0.2) is 19.6 Å². The molecule has 0 aliphatic carbocycles. The van der Waals surface area contributed by atoms with Crippen molar-refractivity contribution in [3.8, 4) is 67.5 Å². The second-order valence-corrected chi connectivity index (χ2v) is 14.4. The first-order valence-corrected chi connectivity index (χ1v) is 17.6. The third kappa shape index (κ3) is 7.51. The fourth-order valence-corrected chi connectivity index (χ4v) is 6.63. The standard InChI is InChI=1S/C51H46N3O.Pt/c1-33-28-41(24-25-42(33)35-14-9-8-10-15-35)54-46-18-13-17-43(48(46)53-49(54)44-16-11-12-19-47(44)55)37-29-38(31-40(30-37)51(5,6)7)45-32-36(26-27-52-45)34-20-22-39(23-21-34)50(2,3)4;/h8-28,30-32,55H,1-7H3;/q-1;/i1D3,2D3,3D3,4D3,20D,21D,22D,23D;. The summed E-state index contributed by atoms with van der Waals surface area (Å²) in [4.78, 5) is 9.78. The van der Waals surface area contributed by atoms with Crippen LogP contribution < -0.4 is 0 Å². The number of phenolic OH excluding ortho intramolecular Hbond substituents is 1. The molecule has 0 saturated heterocycles. The van der Waals surface area contributed by atoms with Crippen LogP contribution in [0.25, 0.3) is 72.7 Å². The molecule has 2 heterocycles. The number of aryl methyl sites for hydroxylation is 1. The van der Waals surface area contributed by atoms with Crippen LogP contribution in [0.1, 0.15) is 79.9 Å². The quantitative estimate of drug-likeness (QED) is 0.169. The molecule has 0 amide bonds. The van der Waals surface area contributed by atoms with Crippen molar-refractivity contribution in [3.63, 3.8) is 0 Å². The summed E-state index contributed by atoms with van der Waals surface area (Å²) in [6, 6.07) is 32.9. The number of fused-ring (bicyclic) bond motifs is 1. The van der Waals surface area contributed by atoms with Crippen molar-refractivity contribution in [1.82, 2.24) is 14.5 Å². The third-order valence-corrected chi connectivity index (χ3v) is 9.53. The molecular weight excluding hydrogens is 866 g/mol. The Morgan fingerprint density at radius 2 is 1.39 bits per heavy atom. The Kier molecular flexibility index (Phi) is 6.36. The van der Waals surface area contributed by atoms with Gasteiger partial charge in [0.2, 0.25) is 0 Å². The van der Waals surface area contributed by atoms with Crippen LogP contribution in [0.3, 0.4) is 0 Å². The SMILES string of the molecule is [2H]c1c([2H])c(C(C([2H])([2H])[2H])(C([2H])([2H])[2H])C([2H])([2H])[2H])c([2H])c([2H])c1-c1ccnc(-c2[c-]c(-c3cccc4c3nc(-c3ccccc3O)n4-c3ccc(-c4ccccc4)c(C([2H])([2H])[2H])c3)cc(C(C)(C)C)c2)c1.[Pt]. The number of benzene rings is 6. The Morgan fingerprint density at radius 3 is 2.12 bits per heavy atom. The van der Waals surface area contributed by atoms with E-state index in [1.54, 1.807) is 34.9 Å². The van der Waals surface area contributed by atoms with Gasteiger partial charge in [-0.1, -0.05) is 143 Å². The largest absolute Gasteiger partial charge is 0.507 e. The fourth-order valence-electron chi connectivity index (χ4n) is 6.63. The van der Waals surface area contributed by atoms with Crippen LogP contribution in [0.15, 0.2) is 146 Å². The van der Waals surface area contributed by atoms with E-state index in [1.807, 2.05) is 87.5 Å². The molecule has 0 unspecified atom stereocenters. The van der Waals surface area contributed by atoms with Crippen molar-refractivity contribution in [2.75, 3.05) is 0 Å². The van der Waals surface area contributed by atoms with Crippen LogP contribution >= 0.6 is 0 Å². The van der Waals surface area contributed by atoms with E-state index in [2.05, 4.69) is 11.1 Å². The van der Waals surface area contributed by atoms with Gasteiger partial charge in [-0.05, 0) is 87.5 Å². The predicted molar refractivity (Wildman–Crippen MR) is 229 cm³/mol. The smallest absolute Gasteiger partial charge is 0.148 e. The molecule has 8 aromatic rings. The summed E-state index contributed by atoms with van der Waals surface area (Å²) in [5.74, 6) is 0.274. The van der Waals surface area contributed by atoms with Gasteiger partial charge in [-0.15, -0.1) is 29.3 Å². The summed E-state index contributed by atoms with van der Waals surface area (Å²) in [6.07, 6.45) is 1.37. The van der Waals surface area contributed by atoms with E-state index >= 15 is 0 Å². The van der Waals surface area contributed by atoms with Gasteiger partial charge in [0.1, 0.15) is 11.6 Å². The number of imidazole rings is 1. The normalized spacial score (nSPS) is 16.8. The molecule has 0 fully saturated rings. The monoisotopic (exact) mass is 927 g/mol. The number of rotatable bonds is 6. The summed E-state index contributed by atoms with van der Waals surface area (Å²) in [5.41, 5.74) is 0.222. The zero-order valence-corrected chi connectivity index (χ0v) is 32.9. The molecule has 282 valence electrons. The predicted octanol–water partition coefficient (Wildman–Crippen LogP) is 13.2. The van der Waals surface area contributed by atoms with E-state index in [9.17, 15) is 5.11 Å². The van der Waals surface area contributed by atoms with Crippen molar-refractivity contribution in [1.29, 1.82) is 0 Å². The topological polar surface area (TPSA) is 50.9 Å². The Morgan fingerprint density at radius 1 is 0.661 bits per heavy atom. The number of nitrogens with zero attached hydrogens (tertiary/aromatic N) is 3. The first kappa shape index (κ1) is 23.5. The molecule has 56 heavy (non-hydrogen) atoms. The van der Waals surface area contributed by atoms with Gasteiger partial charge in [-0.2, -0.15) is 0 Å².